The Morgan fingerprint density at radius 2 is 1.46 bits per heavy atom. The van der Waals surface area contributed by atoms with Gasteiger partial charge in [0.15, 0.2) is 10.0 Å². The fourth-order valence-electron chi connectivity index (χ4n) is 1.86. The fourth-order valence-corrected chi connectivity index (χ4v) is 3.84. The van der Waals surface area contributed by atoms with E-state index in [1.54, 1.807) is 0 Å². The molecule has 0 aliphatic carbocycles. The second kappa shape index (κ2) is 6.36. The normalized spacial score (nSPS) is 13.3. The first kappa shape index (κ1) is 20.9. The van der Waals surface area contributed by atoms with Crippen LogP contribution in [0.5, 0.6) is 0 Å². The lowest BCUT2D eigenvalue weighted by molar-refractivity contribution is -0.137. The molecule has 0 fully saturated rings. The third kappa shape index (κ3) is 3.42. The van der Waals surface area contributed by atoms with E-state index < -0.39 is 58.7 Å². The minimum atomic E-state index is -5.99. The highest BCUT2D eigenvalue weighted by Crippen LogP contribution is 2.42. The summed E-state index contributed by atoms with van der Waals surface area (Å²) >= 11 is 16.8. The minimum absolute atomic E-state index is 0.311. The van der Waals surface area contributed by atoms with E-state index >= 15 is 0 Å². The van der Waals surface area contributed by atoms with E-state index in [2.05, 4.69) is 5.10 Å². The number of halogens is 9. The molecule has 0 atom stereocenters. The van der Waals surface area contributed by atoms with Crippen LogP contribution in [0.1, 0.15) is 5.56 Å². The van der Waals surface area contributed by atoms with Crippen LogP contribution in [-0.4, -0.2) is 23.7 Å². The average Bonchev–Trinajstić information content (AvgIpc) is 2.71. The molecule has 0 spiro atoms. The van der Waals surface area contributed by atoms with E-state index in [-0.39, 0.29) is 0 Å². The Morgan fingerprint density at radius 3 is 1.85 bits per heavy atom. The zero-order chi connectivity index (χ0) is 20.2. The molecule has 0 aliphatic heterocycles. The molecule has 144 valence electrons. The number of hydrogen-bond acceptors (Lipinski definition) is 4. The predicted octanol–water partition coefficient (Wildman–Crippen LogP) is 4.73. The first-order valence-corrected chi connectivity index (χ1v) is 8.62. The Kier molecular flexibility index (Phi) is 5.12. The van der Waals surface area contributed by atoms with Crippen molar-refractivity contribution in [3.8, 4) is 5.69 Å². The third-order valence-electron chi connectivity index (χ3n) is 2.97. The Balaban J connectivity index is 2.76. The summed E-state index contributed by atoms with van der Waals surface area (Å²) in [4.78, 5) is -1.57. The number of sulfone groups is 1. The lowest BCUT2D eigenvalue weighted by Gasteiger charge is -2.13. The number of nitrogens with two attached hydrogens (primary N) is 1. The molecule has 1 heterocycles. The standard InChI is InChI=1S/C11H4Cl3F6N3O2S/c12-4-1-3(10(15,16)17)2-5(13)6(4)23-9(21)7(8(14)22-23)26(24,25)11(18,19)20/h1-2H,21H2. The van der Waals surface area contributed by atoms with Gasteiger partial charge in [-0.15, -0.1) is 0 Å². The van der Waals surface area contributed by atoms with Crippen molar-refractivity contribution in [1.29, 1.82) is 0 Å². The molecule has 0 saturated carbocycles. The summed E-state index contributed by atoms with van der Waals surface area (Å²) in [7, 11) is -5.99. The molecule has 0 amide bonds. The molecule has 2 rings (SSSR count). The van der Waals surface area contributed by atoms with E-state index in [1.165, 1.54) is 0 Å². The zero-order valence-corrected chi connectivity index (χ0v) is 14.8. The summed E-state index contributed by atoms with van der Waals surface area (Å²) in [6, 6.07) is 0.825. The van der Waals surface area contributed by atoms with Crippen LogP contribution in [0.4, 0.5) is 32.2 Å². The van der Waals surface area contributed by atoms with Crippen molar-refractivity contribution in [1.82, 2.24) is 9.78 Å². The highest BCUT2D eigenvalue weighted by atomic mass is 35.5. The van der Waals surface area contributed by atoms with Crippen LogP contribution in [0.25, 0.3) is 5.69 Å². The van der Waals surface area contributed by atoms with Gasteiger partial charge in [0.25, 0.3) is 9.84 Å². The van der Waals surface area contributed by atoms with Crippen LogP contribution in [0, 0.1) is 0 Å². The summed E-state index contributed by atoms with van der Waals surface area (Å²) in [5, 5.41) is 0.737. The highest BCUT2D eigenvalue weighted by molar-refractivity contribution is 7.92. The number of rotatable bonds is 2. The van der Waals surface area contributed by atoms with Crippen LogP contribution in [-0.2, 0) is 16.0 Å². The van der Waals surface area contributed by atoms with Crippen molar-refractivity contribution >= 4 is 50.5 Å². The van der Waals surface area contributed by atoms with E-state index in [9.17, 15) is 34.8 Å². The molecular weight excluding hydrogens is 459 g/mol. The zero-order valence-electron chi connectivity index (χ0n) is 11.8. The van der Waals surface area contributed by atoms with Crippen LogP contribution >= 0.6 is 34.8 Å². The van der Waals surface area contributed by atoms with Gasteiger partial charge in [-0.1, -0.05) is 34.8 Å². The summed E-state index contributed by atoms with van der Waals surface area (Å²) in [5.41, 5.74) is -2.20. The van der Waals surface area contributed by atoms with Crippen molar-refractivity contribution in [3.63, 3.8) is 0 Å². The maximum absolute atomic E-state index is 12.7. The molecule has 0 bridgehead atoms. The van der Waals surface area contributed by atoms with Gasteiger partial charge in [0.1, 0.15) is 11.5 Å². The van der Waals surface area contributed by atoms with Gasteiger partial charge < -0.3 is 5.73 Å². The molecule has 2 aromatic rings. The third-order valence-corrected chi connectivity index (χ3v) is 5.47. The maximum atomic E-state index is 12.7. The van der Waals surface area contributed by atoms with E-state index in [4.69, 9.17) is 40.5 Å². The Bertz CT molecular complexity index is 961. The fraction of sp³-hybridized carbons (Fsp3) is 0.182. The molecule has 1 aromatic heterocycles. The second-order valence-electron chi connectivity index (χ2n) is 4.65. The molecule has 0 saturated heterocycles. The Labute approximate surface area is 156 Å². The average molecular weight is 463 g/mol. The van der Waals surface area contributed by atoms with E-state index in [0.29, 0.717) is 16.8 Å². The van der Waals surface area contributed by atoms with Crippen molar-refractivity contribution in [3.05, 3.63) is 32.9 Å². The lowest BCUT2D eigenvalue weighted by Crippen LogP contribution is -2.24. The molecular formula is C11H4Cl3F6N3O2S. The largest absolute Gasteiger partial charge is 0.502 e. The topological polar surface area (TPSA) is 78.0 Å². The summed E-state index contributed by atoms with van der Waals surface area (Å²) in [6.07, 6.45) is -4.82. The number of nitrogen functional groups attached to an aromatic ring is 1. The molecule has 1 aromatic carbocycles. The summed E-state index contributed by atoms with van der Waals surface area (Å²) in [5.74, 6) is -1.13. The second-order valence-corrected chi connectivity index (χ2v) is 7.70. The maximum Gasteiger partial charge on any atom is 0.502 e. The van der Waals surface area contributed by atoms with Crippen molar-refractivity contribution in [2.24, 2.45) is 0 Å². The van der Waals surface area contributed by atoms with Gasteiger partial charge in [-0.05, 0) is 12.1 Å². The number of alkyl halides is 6. The number of nitrogens with zero attached hydrogens (tertiary/aromatic N) is 2. The Hall–Kier alpha value is -1.37. The molecule has 5 nitrogen and oxygen atoms in total. The van der Waals surface area contributed by atoms with Gasteiger partial charge in [-0.3, -0.25) is 0 Å². The predicted molar refractivity (Wildman–Crippen MR) is 81.2 cm³/mol. The van der Waals surface area contributed by atoms with Gasteiger partial charge in [0.05, 0.1) is 15.6 Å². The lowest BCUT2D eigenvalue weighted by atomic mass is 10.2. The number of hydrogen-bond donors (Lipinski definition) is 1. The van der Waals surface area contributed by atoms with Gasteiger partial charge in [0.2, 0.25) is 0 Å². The summed E-state index contributed by atoms with van der Waals surface area (Å²) < 4.78 is 99.7. The van der Waals surface area contributed by atoms with Crippen LogP contribution in [0.2, 0.25) is 15.2 Å². The molecule has 0 unspecified atom stereocenters. The van der Waals surface area contributed by atoms with E-state index in [1.807, 2.05) is 0 Å². The van der Waals surface area contributed by atoms with Crippen LogP contribution in [0.3, 0.4) is 0 Å². The molecule has 0 aliphatic rings. The quantitative estimate of drug-likeness (QED) is 0.655. The number of anilines is 1. The molecule has 26 heavy (non-hydrogen) atoms. The first-order valence-electron chi connectivity index (χ1n) is 6.01. The van der Waals surface area contributed by atoms with Gasteiger partial charge in [-0.2, -0.15) is 31.4 Å². The Morgan fingerprint density at radius 1 is 1.00 bits per heavy atom. The van der Waals surface area contributed by atoms with Crippen LogP contribution < -0.4 is 5.73 Å². The molecule has 15 heteroatoms. The van der Waals surface area contributed by atoms with Gasteiger partial charge >= 0.3 is 11.7 Å². The van der Waals surface area contributed by atoms with Crippen molar-refractivity contribution < 1.29 is 34.8 Å². The monoisotopic (exact) mass is 461 g/mol. The number of aromatic nitrogens is 2. The minimum Gasteiger partial charge on any atom is -0.382 e. The highest BCUT2D eigenvalue weighted by Gasteiger charge is 2.50. The number of benzene rings is 1. The van der Waals surface area contributed by atoms with Crippen LogP contribution in [0.15, 0.2) is 17.0 Å². The van der Waals surface area contributed by atoms with Crippen molar-refractivity contribution in [2.45, 2.75) is 16.6 Å². The SMILES string of the molecule is Nc1c(S(=O)(=O)C(F)(F)F)c(Cl)nn1-c1c(Cl)cc(C(F)(F)F)cc1Cl. The summed E-state index contributed by atoms with van der Waals surface area (Å²) in [6.45, 7) is 0. The van der Waals surface area contributed by atoms with Crippen molar-refractivity contribution in [2.75, 3.05) is 5.73 Å². The van der Waals surface area contributed by atoms with Gasteiger partial charge in [-0.25, -0.2) is 13.1 Å². The molecule has 2 N–H and O–H groups in total. The van der Waals surface area contributed by atoms with E-state index in [0.717, 1.165) is 0 Å². The smallest absolute Gasteiger partial charge is 0.382 e. The van der Waals surface area contributed by atoms with Gasteiger partial charge in [0, 0.05) is 0 Å². The molecule has 0 radical (unpaired) electrons. The first-order chi connectivity index (χ1) is 11.6.